The number of aryl methyl sites for hydroxylation is 2. The molecule has 1 aromatic heterocycles. The molecule has 0 saturated carbocycles. The highest BCUT2D eigenvalue weighted by molar-refractivity contribution is 5.95. The topological polar surface area (TPSA) is 79.3 Å². The first-order chi connectivity index (χ1) is 14.3. The van der Waals surface area contributed by atoms with E-state index in [2.05, 4.69) is 15.7 Å². The molecule has 0 aliphatic heterocycles. The fourth-order valence-electron chi connectivity index (χ4n) is 3.12. The zero-order valence-electron chi connectivity index (χ0n) is 18.0. The summed E-state index contributed by atoms with van der Waals surface area (Å²) in [7, 11) is 3.42. The molecular formula is C23H27N5O2. The molecule has 3 aromatic rings. The predicted octanol–water partition coefficient (Wildman–Crippen LogP) is 3.55. The number of nitrogens with one attached hydrogen (secondary N) is 2. The first kappa shape index (κ1) is 21.1. The van der Waals surface area contributed by atoms with Crippen molar-refractivity contribution in [3.8, 4) is 5.69 Å². The van der Waals surface area contributed by atoms with Crippen molar-refractivity contribution in [3.63, 3.8) is 0 Å². The number of anilines is 2. The maximum absolute atomic E-state index is 12.5. The molecule has 0 fully saturated rings. The minimum Gasteiger partial charge on any atom is -0.376 e. The van der Waals surface area contributed by atoms with E-state index < -0.39 is 0 Å². The van der Waals surface area contributed by atoms with Crippen LogP contribution in [0.25, 0.3) is 5.69 Å². The zero-order valence-corrected chi connectivity index (χ0v) is 18.0. The molecule has 2 aromatic carbocycles. The van der Waals surface area contributed by atoms with Gasteiger partial charge in [0.15, 0.2) is 0 Å². The minimum absolute atomic E-state index is 0.0594. The molecule has 30 heavy (non-hydrogen) atoms. The number of benzene rings is 2. The average Bonchev–Trinajstić information content (AvgIpc) is 3.01. The molecule has 7 nitrogen and oxygen atoms in total. The van der Waals surface area contributed by atoms with Crippen LogP contribution in [0.1, 0.15) is 27.3 Å². The van der Waals surface area contributed by atoms with E-state index in [1.165, 1.54) is 10.5 Å². The van der Waals surface area contributed by atoms with Crippen molar-refractivity contribution in [2.24, 2.45) is 0 Å². The Labute approximate surface area is 176 Å². The molecule has 3 rings (SSSR count). The van der Waals surface area contributed by atoms with E-state index in [-0.39, 0.29) is 18.4 Å². The summed E-state index contributed by atoms with van der Waals surface area (Å²) < 4.78 is 1.83. The number of carbonyl (C=O) groups is 2. The van der Waals surface area contributed by atoms with Gasteiger partial charge in [0.25, 0.3) is 5.91 Å². The third-order valence-corrected chi connectivity index (χ3v) is 4.83. The molecule has 7 heteroatoms. The van der Waals surface area contributed by atoms with E-state index in [0.717, 1.165) is 22.8 Å². The molecule has 2 amide bonds. The summed E-state index contributed by atoms with van der Waals surface area (Å²) in [4.78, 5) is 25.9. The predicted molar refractivity (Wildman–Crippen MR) is 119 cm³/mol. The lowest BCUT2D eigenvalue weighted by Crippen LogP contribution is -2.23. The summed E-state index contributed by atoms with van der Waals surface area (Å²) >= 11 is 0. The molecule has 0 radical (unpaired) electrons. The Hall–Kier alpha value is -3.61. The number of rotatable bonds is 6. The number of nitrogens with zero attached hydrogens (tertiary/aromatic N) is 3. The number of amides is 2. The van der Waals surface area contributed by atoms with E-state index in [1.807, 2.05) is 49.7 Å². The van der Waals surface area contributed by atoms with Gasteiger partial charge in [0.05, 0.1) is 29.3 Å². The lowest BCUT2D eigenvalue weighted by Gasteiger charge is -2.11. The van der Waals surface area contributed by atoms with Gasteiger partial charge in [0.2, 0.25) is 5.91 Å². The monoisotopic (exact) mass is 405 g/mol. The van der Waals surface area contributed by atoms with Gasteiger partial charge in [-0.1, -0.05) is 17.7 Å². The van der Waals surface area contributed by atoms with Crippen LogP contribution in [-0.4, -0.2) is 47.1 Å². The van der Waals surface area contributed by atoms with E-state index in [9.17, 15) is 9.59 Å². The molecule has 0 atom stereocenters. The molecule has 0 spiro atoms. The van der Waals surface area contributed by atoms with Gasteiger partial charge in [-0.2, -0.15) is 5.10 Å². The average molecular weight is 406 g/mol. The van der Waals surface area contributed by atoms with Crippen LogP contribution < -0.4 is 10.6 Å². The summed E-state index contributed by atoms with van der Waals surface area (Å²) in [6.07, 6.45) is 0. The molecule has 0 aliphatic rings. The highest BCUT2D eigenvalue weighted by Crippen LogP contribution is 2.23. The summed E-state index contributed by atoms with van der Waals surface area (Å²) in [5.74, 6) is -0.228. The molecule has 1 heterocycles. The van der Waals surface area contributed by atoms with E-state index in [4.69, 9.17) is 0 Å². The summed E-state index contributed by atoms with van der Waals surface area (Å²) in [6, 6.07) is 15.1. The van der Waals surface area contributed by atoms with Gasteiger partial charge in [-0.3, -0.25) is 9.59 Å². The standard InChI is InChI=1S/C23H27N5O2/c1-15-6-12-20(13-7-15)28-17(3)22(16(2)26-28)25-21(29)14-24-19-10-8-18(9-11-19)23(30)27(4)5/h6-13,24H,14H2,1-5H3,(H,25,29). The normalized spacial score (nSPS) is 10.6. The van der Waals surface area contributed by atoms with Crippen LogP contribution in [0.15, 0.2) is 48.5 Å². The van der Waals surface area contributed by atoms with Crippen molar-refractivity contribution in [3.05, 3.63) is 71.0 Å². The lowest BCUT2D eigenvalue weighted by atomic mass is 10.2. The minimum atomic E-state index is -0.168. The maximum Gasteiger partial charge on any atom is 0.253 e. The van der Waals surface area contributed by atoms with Gasteiger partial charge in [0.1, 0.15) is 0 Å². The first-order valence-electron chi connectivity index (χ1n) is 9.75. The van der Waals surface area contributed by atoms with E-state index >= 15 is 0 Å². The maximum atomic E-state index is 12.5. The second-order valence-electron chi connectivity index (χ2n) is 7.47. The Kier molecular flexibility index (Phi) is 6.20. The lowest BCUT2D eigenvalue weighted by molar-refractivity contribution is -0.114. The molecular weight excluding hydrogens is 378 g/mol. The van der Waals surface area contributed by atoms with E-state index in [1.54, 1.807) is 38.4 Å². The second-order valence-corrected chi connectivity index (χ2v) is 7.47. The molecule has 156 valence electrons. The molecule has 0 saturated heterocycles. The Balaban J connectivity index is 1.64. The van der Waals surface area contributed by atoms with Gasteiger partial charge in [-0.15, -0.1) is 0 Å². The Bertz CT molecular complexity index is 1050. The molecule has 0 bridgehead atoms. The highest BCUT2D eigenvalue weighted by atomic mass is 16.2. The van der Waals surface area contributed by atoms with Gasteiger partial charge in [-0.25, -0.2) is 4.68 Å². The van der Waals surface area contributed by atoms with Crippen molar-refractivity contribution < 1.29 is 9.59 Å². The summed E-state index contributed by atoms with van der Waals surface area (Å²) in [5, 5.41) is 10.6. The molecule has 0 aliphatic carbocycles. The number of hydrogen-bond donors (Lipinski definition) is 2. The number of carbonyl (C=O) groups excluding carboxylic acids is 2. The van der Waals surface area contributed by atoms with E-state index in [0.29, 0.717) is 11.3 Å². The van der Waals surface area contributed by atoms with Crippen LogP contribution in [0.2, 0.25) is 0 Å². The molecule has 0 unspecified atom stereocenters. The quantitative estimate of drug-likeness (QED) is 0.657. The van der Waals surface area contributed by atoms with Crippen LogP contribution in [0.5, 0.6) is 0 Å². The fraction of sp³-hybridized carbons (Fsp3) is 0.261. The van der Waals surface area contributed by atoms with Crippen molar-refractivity contribution in [1.29, 1.82) is 0 Å². The van der Waals surface area contributed by atoms with Crippen LogP contribution in [0, 0.1) is 20.8 Å². The van der Waals surface area contributed by atoms with Crippen molar-refractivity contribution >= 4 is 23.2 Å². The van der Waals surface area contributed by atoms with Gasteiger partial charge < -0.3 is 15.5 Å². The van der Waals surface area contributed by atoms with Gasteiger partial charge in [0, 0.05) is 25.3 Å². The van der Waals surface area contributed by atoms with Crippen molar-refractivity contribution in [2.75, 3.05) is 31.3 Å². The Morgan fingerprint density at radius 1 is 0.967 bits per heavy atom. The van der Waals surface area contributed by atoms with Crippen LogP contribution in [0.3, 0.4) is 0 Å². The van der Waals surface area contributed by atoms with Crippen LogP contribution in [-0.2, 0) is 4.79 Å². The van der Waals surface area contributed by atoms with Crippen molar-refractivity contribution in [1.82, 2.24) is 14.7 Å². The third kappa shape index (κ3) is 4.68. The first-order valence-corrected chi connectivity index (χ1v) is 9.75. The Morgan fingerprint density at radius 3 is 2.20 bits per heavy atom. The number of aromatic nitrogens is 2. The zero-order chi connectivity index (χ0) is 21.8. The SMILES string of the molecule is Cc1ccc(-n2nc(C)c(NC(=O)CNc3ccc(C(=O)N(C)C)cc3)c2C)cc1. The summed E-state index contributed by atoms with van der Waals surface area (Å²) in [5.41, 5.74) is 5.85. The van der Waals surface area contributed by atoms with Crippen LogP contribution in [0.4, 0.5) is 11.4 Å². The van der Waals surface area contributed by atoms with Gasteiger partial charge in [-0.05, 0) is 57.2 Å². The summed E-state index contributed by atoms with van der Waals surface area (Å²) in [6.45, 7) is 5.96. The fourth-order valence-corrected chi connectivity index (χ4v) is 3.12. The molecule has 2 N–H and O–H groups in total. The van der Waals surface area contributed by atoms with Crippen molar-refractivity contribution in [2.45, 2.75) is 20.8 Å². The largest absolute Gasteiger partial charge is 0.376 e. The number of hydrogen-bond acceptors (Lipinski definition) is 4. The third-order valence-electron chi connectivity index (χ3n) is 4.83. The van der Waals surface area contributed by atoms with Gasteiger partial charge >= 0.3 is 0 Å². The smallest absolute Gasteiger partial charge is 0.253 e. The Morgan fingerprint density at radius 2 is 1.60 bits per heavy atom. The second kappa shape index (κ2) is 8.82. The van der Waals surface area contributed by atoms with Crippen LogP contribution >= 0.6 is 0 Å². The highest BCUT2D eigenvalue weighted by Gasteiger charge is 2.15.